The number of rotatable bonds is 10. The van der Waals surface area contributed by atoms with Crippen LogP contribution in [0.2, 0.25) is 0 Å². The minimum Gasteiger partial charge on any atom is -0.494 e. The number of hydrogen-bond donors (Lipinski definition) is 3. The molecule has 39 heavy (non-hydrogen) atoms. The quantitative estimate of drug-likeness (QED) is 0.186. The summed E-state index contributed by atoms with van der Waals surface area (Å²) in [5.41, 5.74) is 5.08. The molecular weight excluding hydrogens is 535 g/mol. The van der Waals surface area contributed by atoms with Crippen LogP contribution in [-0.4, -0.2) is 66.6 Å². The standard InChI is InChI=1S/C23H29FN8O6S/c1-6-32-11-10-16(30-32)22(33)28-29-23(27-19-17(36-3)8-7-9-18(19)37-4)31-39(34,35)14(2)20(38-5)21-25-12-15(24)13-26-21/h7-14,20H,6H2,1-5H3,(H,28,33)(H2,27,29,31). The molecule has 0 bridgehead atoms. The van der Waals surface area contributed by atoms with E-state index in [0.29, 0.717) is 6.54 Å². The zero-order valence-corrected chi connectivity index (χ0v) is 22.7. The Morgan fingerprint density at radius 1 is 1.10 bits per heavy atom. The summed E-state index contributed by atoms with van der Waals surface area (Å²) < 4.78 is 60.0. The van der Waals surface area contributed by atoms with Gasteiger partial charge in [0.2, 0.25) is 16.0 Å². The van der Waals surface area contributed by atoms with Crippen LogP contribution >= 0.6 is 0 Å². The molecule has 1 aromatic carbocycles. The number of carbonyl (C=O) groups is 1. The topological polar surface area (TPSA) is 171 Å². The van der Waals surface area contributed by atoms with E-state index >= 15 is 0 Å². The molecule has 3 N–H and O–H groups in total. The summed E-state index contributed by atoms with van der Waals surface area (Å²) in [5, 5.41) is 2.82. The number of para-hydroxylation sites is 1. The van der Waals surface area contributed by atoms with Crippen LogP contribution < -0.4 is 25.0 Å². The third-order valence-corrected chi connectivity index (χ3v) is 7.12. The van der Waals surface area contributed by atoms with Crippen LogP contribution in [-0.2, 0) is 21.3 Å². The van der Waals surface area contributed by atoms with Gasteiger partial charge >= 0.3 is 0 Å². The molecule has 14 nitrogen and oxygen atoms in total. The number of hydrogen-bond acceptors (Lipinski definition) is 10. The highest BCUT2D eigenvalue weighted by atomic mass is 32.2. The van der Waals surface area contributed by atoms with Gasteiger partial charge in [-0.3, -0.25) is 25.1 Å². The highest BCUT2D eigenvalue weighted by Gasteiger charge is 2.34. The first-order chi connectivity index (χ1) is 18.6. The fraction of sp³-hybridized carbons (Fsp3) is 0.348. The van der Waals surface area contributed by atoms with Crippen LogP contribution in [0.3, 0.4) is 0 Å². The molecule has 0 aliphatic carbocycles. The Kier molecular flexibility index (Phi) is 9.73. The van der Waals surface area contributed by atoms with Crippen molar-refractivity contribution in [3.8, 4) is 11.5 Å². The number of nitrogens with zero attached hydrogens (tertiary/aromatic N) is 5. The van der Waals surface area contributed by atoms with Gasteiger partial charge in [-0.15, -0.1) is 0 Å². The second-order valence-corrected chi connectivity index (χ2v) is 9.91. The van der Waals surface area contributed by atoms with Gasteiger partial charge in [0.1, 0.15) is 22.9 Å². The molecule has 2 atom stereocenters. The maximum atomic E-state index is 13.4. The van der Waals surface area contributed by atoms with Gasteiger partial charge in [-0.1, -0.05) is 6.07 Å². The van der Waals surface area contributed by atoms with Crippen molar-refractivity contribution in [1.82, 2.24) is 35.3 Å². The number of methoxy groups -OCH3 is 3. The number of aryl methyl sites for hydroxylation is 1. The molecule has 0 saturated heterocycles. The van der Waals surface area contributed by atoms with Gasteiger partial charge in [-0.05, 0) is 32.0 Å². The van der Waals surface area contributed by atoms with Crippen molar-refractivity contribution in [1.29, 1.82) is 0 Å². The molecule has 2 unspecified atom stereocenters. The average Bonchev–Trinajstić information content (AvgIpc) is 3.42. The number of benzene rings is 1. The molecule has 1 amide bonds. The summed E-state index contributed by atoms with van der Waals surface area (Å²) in [5.74, 6) is -1.25. The molecular formula is C23H29FN8O6S. The van der Waals surface area contributed by atoms with Gasteiger partial charge in [-0.25, -0.2) is 27.8 Å². The molecule has 210 valence electrons. The number of guanidine groups is 1. The molecule has 0 radical (unpaired) electrons. The molecule has 0 saturated carbocycles. The molecule has 0 spiro atoms. The minimum atomic E-state index is -4.30. The summed E-state index contributed by atoms with van der Waals surface area (Å²) in [6.07, 6.45) is 2.26. The molecule has 2 heterocycles. The van der Waals surface area contributed by atoms with E-state index in [1.165, 1.54) is 34.3 Å². The number of aromatic nitrogens is 4. The van der Waals surface area contributed by atoms with Crippen molar-refractivity contribution in [2.75, 3.05) is 21.3 Å². The van der Waals surface area contributed by atoms with E-state index in [9.17, 15) is 17.6 Å². The number of ether oxygens (including phenoxy) is 3. The van der Waals surface area contributed by atoms with E-state index in [1.54, 1.807) is 29.1 Å². The van der Waals surface area contributed by atoms with Gasteiger partial charge < -0.3 is 14.2 Å². The van der Waals surface area contributed by atoms with Crippen LogP contribution in [0.4, 0.5) is 10.1 Å². The van der Waals surface area contributed by atoms with Gasteiger partial charge in [0.05, 0.1) is 26.6 Å². The second-order valence-electron chi connectivity index (χ2n) is 7.88. The number of nitrogens with one attached hydrogen (secondary N) is 3. The lowest BCUT2D eigenvalue weighted by atomic mass is 10.2. The summed E-state index contributed by atoms with van der Waals surface area (Å²) in [4.78, 5) is 24.6. The van der Waals surface area contributed by atoms with E-state index in [1.807, 2.05) is 6.92 Å². The molecule has 3 rings (SSSR count). The Labute approximate surface area is 224 Å². The predicted octanol–water partition coefficient (Wildman–Crippen LogP) is 1.47. The largest absolute Gasteiger partial charge is 0.494 e. The molecule has 2 aromatic heterocycles. The predicted molar refractivity (Wildman–Crippen MR) is 138 cm³/mol. The zero-order chi connectivity index (χ0) is 28.6. The Morgan fingerprint density at radius 2 is 1.74 bits per heavy atom. The number of sulfonamides is 1. The number of hydrazine groups is 1. The van der Waals surface area contributed by atoms with Crippen molar-refractivity contribution < 1.29 is 31.8 Å². The zero-order valence-electron chi connectivity index (χ0n) is 21.9. The average molecular weight is 565 g/mol. The monoisotopic (exact) mass is 564 g/mol. The number of halogens is 1. The Hall–Kier alpha value is -4.31. The molecule has 0 aliphatic rings. The number of amides is 1. The lowest BCUT2D eigenvalue weighted by Crippen LogP contribution is -2.52. The van der Waals surface area contributed by atoms with Crippen molar-refractivity contribution in [2.24, 2.45) is 4.99 Å². The second kappa shape index (κ2) is 13.0. The third kappa shape index (κ3) is 7.17. The summed E-state index contributed by atoms with van der Waals surface area (Å²) in [6, 6.07) is 6.35. The maximum absolute atomic E-state index is 13.4. The van der Waals surface area contributed by atoms with Crippen LogP contribution in [0, 0.1) is 5.82 Å². The van der Waals surface area contributed by atoms with Crippen molar-refractivity contribution in [3.05, 3.63) is 60.2 Å². The van der Waals surface area contributed by atoms with E-state index < -0.39 is 39.1 Å². The van der Waals surface area contributed by atoms with E-state index in [0.717, 1.165) is 12.4 Å². The normalized spacial score (nSPS) is 13.3. The Morgan fingerprint density at radius 3 is 2.28 bits per heavy atom. The lowest BCUT2D eigenvalue weighted by molar-refractivity contribution is 0.0934. The van der Waals surface area contributed by atoms with Crippen molar-refractivity contribution in [2.45, 2.75) is 31.7 Å². The maximum Gasteiger partial charge on any atom is 0.290 e. The smallest absolute Gasteiger partial charge is 0.290 e. The summed E-state index contributed by atoms with van der Waals surface area (Å²) in [7, 11) is -0.210. The summed E-state index contributed by atoms with van der Waals surface area (Å²) >= 11 is 0. The van der Waals surface area contributed by atoms with Crippen LogP contribution in [0.5, 0.6) is 11.5 Å². The van der Waals surface area contributed by atoms with Gasteiger partial charge in [0.25, 0.3) is 5.91 Å². The van der Waals surface area contributed by atoms with Gasteiger partial charge in [-0.2, -0.15) is 5.10 Å². The first kappa shape index (κ1) is 29.2. The molecule has 16 heteroatoms. The van der Waals surface area contributed by atoms with Crippen molar-refractivity contribution in [3.63, 3.8) is 0 Å². The summed E-state index contributed by atoms with van der Waals surface area (Å²) in [6.45, 7) is 3.76. The molecule has 0 fully saturated rings. The van der Waals surface area contributed by atoms with Crippen LogP contribution in [0.15, 0.2) is 47.8 Å². The fourth-order valence-electron chi connectivity index (χ4n) is 3.34. The van der Waals surface area contributed by atoms with Crippen molar-refractivity contribution >= 4 is 27.6 Å². The SMILES string of the molecule is CCn1ccc(C(=O)NN/C(=N/c2c(OC)cccc2OC)NS(=O)(=O)C(C)C(OC)c2ncc(F)cn2)n1. The highest BCUT2D eigenvalue weighted by molar-refractivity contribution is 7.90. The highest BCUT2D eigenvalue weighted by Crippen LogP contribution is 2.37. The Bertz CT molecular complexity index is 1390. The van der Waals surface area contributed by atoms with E-state index in [2.05, 4.69) is 35.6 Å². The van der Waals surface area contributed by atoms with E-state index in [-0.39, 0.29) is 28.7 Å². The van der Waals surface area contributed by atoms with Crippen LogP contribution in [0.1, 0.15) is 36.3 Å². The third-order valence-electron chi connectivity index (χ3n) is 5.42. The van der Waals surface area contributed by atoms with Crippen LogP contribution in [0.25, 0.3) is 0 Å². The number of carbonyl (C=O) groups excluding carboxylic acids is 1. The first-order valence-corrected chi connectivity index (χ1v) is 13.1. The minimum absolute atomic E-state index is 0.0468. The molecule has 3 aromatic rings. The first-order valence-electron chi connectivity index (χ1n) is 11.5. The van der Waals surface area contributed by atoms with E-state index in [4.69, 9.17) is 14.2 Å². The number of aliphatic imine (C=N–C) groups is 1. The van der Waals surface area contributed by atoms with Gasteiger partial charge in [0, 0.05) is 19.9 Å². The van der Waals surface area contributed by atoms with Gasteiger partial charge in [0.15, 0.2) is 23.0 Å². The fourth-order valence-corrected chi connectivity index (χ4v) is 4.45. The lowest BCUT2D eigenvalue weighted by Gasteiger charge is -2.23. The molecule has 0 aliphatic heterocycles. The Balaban J connectivity index is 1.95.